The molecule has 7 heteroatoms. The van der Waals surface area contributed by atoms with Gasteiger partial charge in [-0.15, -0.1) is 0 Å². The third-order valence-corrected chi connectivity index (χ3v) is 3.67. The minimum atomic E-state index is -0.516. The van der Waals surface area contributed by atoms with Crippen LogP contribution in [-0.2, 0) is 6.61 Å². The minimum Gasteiger partial charge on any atom is -0.489 e. The molecular formula is C19H15FN2O4. The van der Waals surface area contributed by atoms with E-state index in [1.165, 1.54) is 25.1 Å². The lowest BCUT2D eigenvalue weighted by Crippen LogP contribution is -1.95. The van der Waals surface area contributed by atoms with E-state index in [0.717, 1.165) is 11.1 Å². The number of halogens is 1. The highest BCUT2D eigenvalue weighted by Gasteiger charge is 2.21. The summed E-state index contributed by atoms with van der Waals surface area (Å²) in [6.45, 7) is 1.85. The summed E-state index contributed by atoms with van der Waals surface area (Å²) in [6.07, 6.45) is 3.20. The number of hydrogen-bond donors (Lipinski definition) is 0. The Hall–Kier alpha value is -3.48. The maximum absolute atomic E-state index is 12.9. The Kier molecular flexibility index (Phi) is 5.07. The average Bonchev–Trinajstić information content (AvgIpc) is 3.01. The maximum Gasteiger partial charge on any atom is 0.338 e. The van der Waals surface area contributed by atoms with E-state index in [1.54, 1.807) is 30.3 Å². The van der Waals surface area contributed by atoms with E-state index in [9.17, 15) is 14.5 Å². The molecule has 0 aliphatic heterocycles. The van der Waals surface area contributed by atoms with Crippen molar-refractivity contribution in [1.29, 1.82) is 0 Å². The Morgan fingerprint density at radius 2 is 1.85 bits per heavy atom. The molecule has 0 saturated heterocycles. The van der Waals surface area contributed by atoms with E-state index in [2.05, 4.69) is 5.16 Å². The van der Waals surface area contributed by atoms with Gasteiger partial charge in [0.15, 0.2) is 5.69 Å². The van der Waals surface area contributed by atoms with Crippen LogP contribution in [0.1, 0.15) is 22.6 Å². The Morgan fingerprint density at radius 1 is 1.15 bits per heavy atom. The number of hydrogen-bond acceptors (Lipinski definition) is 5. The molecule has 0 atom stereocenters. The van der Waals surface area contributed by atoms with Crippen molar-refractivity contribution in [3.05, 3.63) is 87.0 Å². The van der Waals surface area contributed by atoms with Crippen molar-refractivity contribution in [2.75, 3.05) is 0 Å². The molecule has 0 radical (unpaired) electrons. The van der Waals surface area contributed by atoms with Gasteiger partial charge in [-0.2, -0.15) is 0 Å². The van der Waals surface area contributed by atoms with Crippen molar-refractivity contribution in [1.82, 2.24) is 5.16 Å². The van der Waals surface area contributed by atoms with Crippen LogP contribution >= 0.6 is 0 Å². The number of ether oxygens (including phenoxy) is 1. The smallest absolute Gasteiger partial charge is 0.338 e. The Balaban J connectivity index is 1.64. The van der Waals surface area contributed by atoms with E-state index in [1.807, 2.05) is 12.1 Å². The molecule has 0 fully saturated rings. The van der Waals surface area contributed by atoms with Crippen LogP contribution in [0.3, 0.4) is 0 Å². The number of aryl methyl sites for hydroxylation is 1. The van der Waals surface area contributed by atoms with Crippen molar-refractivity contribution >= 4 is 17.8 Å². The summed E-state index contributed by atoms with van der Waals surface area (Å²) in [6, 6.07) is 13.3. The molecule has 3 aromatic rings. The quantitative estimate of drug-likeness (QED) is 0.470. The summed E-state index contributed by atoms with van der Waals surface area (Å²) in [7, 11) is 0. The molecule has 0 bridgehead atoms. The normalized spacial score (nSPS) is 11.0. The summed E-state index contributed by atoms with van der Waals surface area (Å²) in [5.74, 6) is 0.476. The molecule has 0 aliphatic carbocycles. The first-order chi connectivity index (χ1) is 12.5. The van der Waals surface area contributed by atoms with E-state index in [0.29, 0.717) is 12.4 Å². The molecule has 1 heterocycles. The number of nitro groups is 1. The first-order valence-electron chi connectivity index (χ1n) is 7.79. The molecule has 0 N–H and O–H groups in total. The van der Waals surface area contributed by atoms with Crippen LogP contribution < -0.4 is 4.74 Å². The molecule has 0 saturated carbocycles. The molecular weight excluding hydrogens is 339 g/mol. The van der Waals surface area contributed by atoms with E-state index in [-0.39, 0.29) is 23.0 Å². The van der Waals surface area contributed by atoms with Gasteiger partial charge in [0.25, 0.3) is 0 Å². The second-order valence-corrected chi connectivity index (χ2v) is 5.56. The number of aromatic nitrogens is 1. The lowest BCUT2D eigenvalue weighted by Gasteiger charge is -2.06. The highest BCUT2D eigenvalue weighted by molar-refractivity contribution is 5.71. The number of nitrogens with zero attached hydrogens (tertiary/aromatic N) is 2. The predicted molar refractivity (Wildman–Crippen MR) is 94.0 cm³/mol. The van der Waals surface area contributed by atoms with Gasteiger partial charge in [-0.1, -0.05) is 35.5 Å². The SMILES string of the molecule is Cc1noc(C=Cc2ccc(OCc3ccc(F)cc3)cc2)c1[N+](=O)[O-]. The van der Waals surface area contributed by atoms with E-state index in [4.69, 9.17) is 9.26 Å². The van der Waals surface area contributed by atoms with Gasteiger partial charge in [-0.25, -0.2) is 4.39 Å². The molecule has 0 unspecified atom stereocenters. The van der Waals surface area contributed by atoms with Crippen molar-refractivity contribution < 1.29 is 18.6 Å². The Bertz CT molecular complexity index is 931. The van der Waals surface area contributed by atoms with Crippen LogP contribution in [0.2, 0.25) is 0 Å². The van der Waals surface area contributed by atoms with Crippen LogP contribution in [0.5, 0.6) is 5.75 Å². The van der Waals surface area contributed by atoms with Crippen molar-refractivity contribution in [2.45, 2.75) is 13.5 Å². The standard InChI is InChI=1S/C19H15FN2O4/c1-13-19(22(23)24)18(26-21-13)11-6-14-4-9-17(10-5-14)25-12-15-2-7-16(20)8-3-15/h2-11H,12H2,1H3. The van der Waals surface area contributed by atoms with Gasteiger partial charge in [-0.3, -0.25) is 10.1 Å². The van der Waals surface area contributed by atoms with Gasteiger partial charge >= 0.3 is 5.69 Å². The zero-order valence-corrected chi connectivity index (χ0v) is 13.9. The minimum absolute atomic E-state index is 0.101. The van der Waals surface area contributed by atoms with E-state index < -0.39 is 4.92 Å². The first-order valence-corrected chi connectivity index (χ1v) is 7.79. The summed E-state index contributed by atoms with van der Waals surface area (Å²) < 4.78 is 23.5. The monoisotopic (exact) mass is 354 g/mol. The molecule has 3 rings (SSSR count). The van der Waals surface area contributed by atoms with Crippen LogP contribution in [0, 0.1) is 22.9 Å². The van der Waals surface area contributed by atoms with Gasteiger partial charge in [0.2, 0.25) is 5.76 Å². The van der Waals surface area contributed by atoms with Crippen LogP contribution in [0.4, 0.5) is 10.1 Å². The lowest BCUT2D eigenvalue weighted by atomic mass is 10.2. The molecule has 6 nitrogen and oxygen atoms in total. The van der Waals surface area contributed by atoms with E-state index >= 15 is 0 Å². The summed E-state index contributed by atoms with van der Waals surface area (Å²) in [5.41, 5.74) is 1.78. The second-order valence-electron chi connectivity index (χ2n) is 5.56. The van der Waals surface area contributed by atoms with Crippen LogP contribution in [0.25, 0.3) is 12.2 Å². The molecule has 0 spiro atoms. The zero-order chi connectivity index (χ0) is 18.5. The van der Waals surface area contributed by atoms with Crippen LogP contribution in [-0.4, -0.2) is 10.1 Å². The van der Waals surface area contributed by atoms with Crippen molar-refractivity contribution in [3.63, 3.8) is 0 Å². The van der Waals surface area contributed by atoms with Crippen molar-refractivity contribution in [2.24, 2.45) is 0 Å². The van der Waals surface area contributed by atoms with Gasteiger partial charge in [-0.05, 0) is 48.4 Å². The average molecular weight is 354 g/mol. The highest BCUT2D eigenvalue weighted by Crippen LogP contribution is 2.25. The van der Waals surface area contributed by atoms with Crippen LogP contribution in [0.15, 0.2) is 53.1 Å². The number of rotatable bonds is 6. The Labute approximate surface area is 148 Å². The maximum atomic E-state index is 12.9. The zero-order valence-electron chi connectivity index (χ0n) is 13.9. The summed E-state index contributed by atoms with van der Waals surface area (Å²) in [5, 5.41) is 14.6. The second kappa shape index (κ2) is 7.60. The molecule has 2 aromatic carbocycles. The number of benzene rings is 2. The largest absolute Gasteiger partial charge is 0.489 e. The third kappa shape index (κ3) is 4.13. The van der Waals surface area contributed by atoms with Gasteiger partial charge < -0.3 is 9.26 Å². The molecule has 26 heavy (non-hydrogen) atoms. The highest BCUT2D eigenvalue weighted by atomic mass is 19.1. The van der Waals surface area contributed by atoms with Gasteiger partial charge in [0.05, 0.1) is 4.92 Å². The predicted octanol–water partition coefficient (Wildman–Crippen LogP) is 4.78. The molecule has 132 valence electrons. The fourth-order valence-corrected chi connectivity index (χ4v) is 2.31. The summed E-state index contributed by atoms with van der Waals surface area (Å²) >= 11 is 0. The summed E-state index contributed by atoms with van der Waals surface area (Å²) in [4.78, 5) is 10.5. The topological polar surface area (TPSA) is 78.4 Å². The first kappa shape index (κ1) is 17.3. The lowest BCUT2D eigenvalue weighted by molar-refractivity contribution is -0.386. The fourth-order valence-electron chi connectivity index (χ4n) is 2.31. The fraction of sp³-hybridized carbons (Fsp3) is 0.105. The van der Waals surface area contributed by atoms with Gasteiger partial charge in [0, 0.05) is 0 Å². The molecule has 1 aromatic heterocycles. The third-order valence-electron chi connectivity index (χ3n) is 3.67. The van der Waals surface area contributed by atoms with Crippen molar-refractivity contribution in [3.8, 4) is 5.75 Å². The molecule has 0 aliphatic rings. The Morgan fingerprint density at radius 3 is 2.50 bits per heavy atom. The molecule has 0 amide bonds. The van der Waals surface area contributed by atoms with Gasteiger partial charge in [0.1, 0.15) is 18.2 Å².